The van der Waals surface area contributed by atoms with E-state index in [1.54, 1.807) is 60.7 Å². The number of nitrogens with zero attached hydrogens (tertiary/aromatic N) is 1. The Morgan fingerprint density at radius 1 is 0.812 bits per heavy atom. The van der Waals surface area contributed by atoms with Gasteiger partial charge in [-0.2, -0.15) is 12.8 Å². The molecule has 1 amide bonds. The molecule has 1 N–H and O–H groups in total. The quantitative estimate of drug-likeness (QED) is 0.659. The van der Waals surface area contributed by atoms with Crippen LogP contribution in [0.5, 0.6) is 0 Å². The predicted octanol–water partition coefficient (Wildman–Crippen LogP) is 3.99. The van der Waals surface area contributed by atoms with Gasteiger partial charge >= 0.3 is 0 Å². The molecule has 0 radical (unpaired) electrons. The molecule has 0 aliphatic heterocycles. The summed E-state index contributed by atoms with van der Waals surface area (Å²) in [5.74, 6) is -0.877. The highest BCUT2D eigenvalue weighted by molar-refractivity contribution is 7.90. The summed E-state index contributed by atoms with van der Waals surface area (Å²) in [4.78, 5) is 25.7. The molecule has 3 aromatic rings. The van der Waals surface area contributed by atoms with Gasteiger partial charge in [0.2, 0.25) is 5.78 Å². The second-order valence-corrected chi connectivity index (χ2v) is 9.12. The van der Waals surface area contributed by atoms with Crippen molar-refractivity contribution < 1.29 is 18.0 Å². The molecule has 0 saturated carbocycles. The van der Waals surface area contributed by atoms with Crippen molar-refractivity contribution in [1.29, 1.82) is 0 Å². The van der Waals surface area contributed by atoms with Crippen molar-refractivity contribution >= 4 is 27.4 Å². The molecule has 0 atom stereocenters. The second kappa shape index (κ2) is 8.36. The van der Waals surface area contributed by atoms with Gasteiger partial charge in [-0.15, -0.1) is 0 Å². The van der Waals surface area contributed by atoms with E-state index in [0.717, 1.165) is 11.1 Å². The monoisotopic (exact) mass is 444 g/mol. The molecule has 0 fully saturated rings. The first-order valence-corrected chi connectivity index (χ1v) is 11.3. The highest BCUT2D eigenvalue weighted by Gasteiger charge is 2.27. The molecule has 0 aromatic heterocycles. The number of nitrogens with one attached hydrogen (secondary N) is 1. The topological polar surface area (TPSA) is 92.7 Å². The fourth-order valence-electron chi connectivity index (χ4n) is 3.29. The fraction of sp³-hybridized carbons (Fsp3) is 0.0800. The number of ketones is 1. The summed E-state index contributed by atoms with van der Waals surface area (Å²) < 4.78 is 29.8. The van der Waals surface area contributed by atoms with Crippen LogP contribution in [0.3, 0.4) is 0 Å². The predicted molar refractivity (Wildman–Crippen MR) is 122 cm³/mol. The Kier molecular flexibility index (Phi) is 5.59. The summed E-state index contributed by atoms with van der Waals surface area (Å²) in [7, 11) is -4.03. The minimum atomic E-state index is -4.03. The number of aryl methyl sites for hydroxylation is 2. The summed E-state index contributed by atoms with van der Waals surface area (Å²) in [6.45, 7) is 3.76. The molecule has 1 aliphatic carbocycles. The third-order valence-electron chi connectivity index (χ3n) is 5.07. The molecule has 4 rings (SSSR count). The Labute approximate surface area is 186 Å². The van der Waals surface area contributed by atoms with E-state index in [2.05, 4.69) is 9.71 Å². The maximum absolute atomic E-state index is 13.0. The number of hydrogen-bond donors (Lipinski definition) is 1. The van der Waals surface area contributed by atoms with Crippen molar-refractivity contribution in [3.05, 3.63) is 112 Å². The Balaban J connectivity index is 1.76. The molecular formula is C25H20N2O4S. The van der Waals surface area contributed by atoms with Crippen LogP contribution in [0.4, 0.5) is 0 Å². The normalized spacial score (nSPS) is 14.6. The summed E-state index contributed by atoms with van der Waals surface area (Å²) in [6, 6.07) is 19.8. The number of carbonyl (C=O) groups is 2. The van der Waals surface area contributed by atoms with Gasteiger partial charge in [0, 0.05) is 16.7 Å². The third-order valence-corrected chi connectivity index (χ3v) is 6.38. The fourth-order valence-corrected chi connectivity index (χ4v) is 4.29. The van der Waals surface area contributed by atoms with Gasteiger partial charge < -0.3 is 5.32 Å². The zero-order valence-electron chi connectivity index (χ0n) is 17.5. The first-order chi connectivity index (χ1) is 15.2. The van der Waals surface area contributed by atoms with E-state index in [4.69, 9.17) is 0 Å². The number of benzene rings is 3. The van der Waals surface area contributed by atoms with Gasteiger partial charge in [0.15, 0.2) is 0 Å². The van der Waals surface area contributed by atoms with Crippen molar-refractivity contribution in [2.24, 2.45) is 4.40 Å². The van der Waals surface area contributed by atoms with Crippen LogP contribution in [0.1, 0.15) is 37.4 Å². The van der Waals surface area contributed by atoms with Gasteiger partial charge in [-0.25, -0.2) is 0 Å². The number of amides is 1. The molecule has 1 aliphatic rings. The lowest BCUT2D eigenvalue weighted by Crippen LogP contribution is -2.31. The van der Waals surface area contributed by atoms with Crippen molar-refractivity contribution in [3.63, 3.8) is 0 Å². The van der Waals surface area contributed by atoms with Gasteiger partial charge in [0.1, 0.15) is 0 Å². The number of fused-ring (bicyclic) bond motifs is 1. The summed E-state index contributed by atoms with van der Waals surface area (Å²) >= 11 is 0. The lowest BCUT2D eigenvalue weighted by atomic mass is 9.92. The van der Waals surface area contributed by atoms with Gasteiger partial charge in [0.25, 0.3) is 15.9 Å². The number of carbonyl (C=O) groups excluding carboxylic acids is 2. The van der Waals surface area contributed by atoms with Crippen molar-refractivity contribution in [1.82, 2.24) is 5.32 Å². The van der Waals surface area contributed by atoms with Crippen molar-refractivity contribution in [3.8, 4) is 0 Å². The Morgan fingerprint density at radius 2 is 1.38 bits per heavy atom. The Hall–Kier alpha value is -3.84. The molecule has 0 spiro atoms. The Morgan fingerprint density at radius 3 is 2.00 bits per heavy atom. The zero-order valence-corrected chi connectivity index (χ0v) is 18.3. The van der Waals surface area contributed by atoms with Crippen LogP contribution >= 0.6 is 0 Å². The smallest absolute Gasteiger partial charge is 0.282 e. The van der Waals surface area contributed by atoms with E-state index < -0.39 is 21.7 Å². The van der Waals surface area contributed by atoms with Crippen LogP contribution in [0.15, 0.2) is 93.9 Å². The van der Waals surface area contributed by atoms with E-state index in [1.165, 1.54) is 18.2 Å². The van der Waals surface area contributed by atoms with Crippen LogP contribution in [0.25, 0.3) is 0 Å². The van der Waals surface area contributed by atoms with E-state index in [0.29, 0.717) is 11.1 Å². The van der Waals surface area contributed by atoms with E-state index in [1.807, 2.05) is 13.8 Å². The largest absolute Gasteiger partial charge is 0.319 e. The third kappa shape index (κ3) is 4.29. The summed E-state index contributed by atoms with van der Waals surface area (Å²) in [6.07, 6.45) is 1.31. The van der Waals surface area contributed by atoms with E-state index in [9.17, 15) is 18.0 Å². The molecule has 6 nitrogen and oxygen atoms in total. The van der Waals surface area contributed by atoms with E-state index >= 15 is 0 Å². The maximum Gasteiger partial charge on any atom is 0.282 e. The average Bonchev–Trinajstić information content (AvgIpc) is 2.77. The average molecular weight is 445 g/mol. The van der Waals surface area contributed by atoms with Crippen molar-refractivity contribution in [2.75, 3.05) is 0 Å². The first-order valence-electron chi connectivity index (χ1n) is 9.90. The van der Waals surface area contributed by atoms with Gasteiger partial charge in [0.05, 0.1) is 16.3 Å². The molecule has 32 heavy (non-hydrogen) atoms. The molecule has 0 saturated heterocycles. The van der Waals surface area contributed by atoms with Crippen LogP contribution in [-0.2, 0) is 10.0 Å². The number of allylic oxidation sites excluding steroid dienone is 2. The lowest BCUT2D eigenvalue weighted by molar-refractivity contribution is 0.0932. The minimum absolute atomic E-state index is 0.0351. The molecule has 0 heterocycles. The van der Waals surface area contributed by atoms with Crippen LogP contribution in [0.2, 0.25) is 0 Å². The zero-order chi connectivity index (χ0) is 22.9. The van der Waals surface area contributed by atoms with Gasteiger partial charge in [-0.3, -0.25) is 9.59 Å². The van der Waals surface area contributed by atoms with Gasteiger partial charge in [-0.05, 0) is 44.2 Å². The van der Waals surface area contributed by atoms with Gasteiger partial charge in [-0.1, -0.05) is 59.7 Å². The number of Topliss-reactive ketones (excluding diaryl/α,β-unsaturated/α-hetero) is 1. The SMILES string of the molecule is Cc1ccc(C(=O)NC2=C/C(=N\S(=O)(=O)c3ccc(C)cc3)c3ccccc3C2=O)cc1. The highest BCUT2D eigenvalue weighted by Crippen LogP contribution is 2.23. The highest BCUT2D eigenvalue weighted by atomic mass is 32.2. The van der Waals surface area contributed by atoms with Crippen LogP contribution in [0, 0.1) is 13.8 Å². The number of rotatable bonds is 4. The first kappa shape index (κ1) is 21.4. The molecule has 0 bridgehead atoms. The van der Waals surface area contributed by atoms with Crippen LogP contribution < -0.4 is 5.32 Å². The Bertz CT molecular complexity index is 1380. The molecule has 0 unspecified atom stereocenters. The van der Waals surface area contributed by atoms with Crippen LogP contribution in [-0.4, -0.2) is 25.8 Å². The molecular weight excluding hydrogens is 424 g/mol. The summed E-state index contributed by atoms with van der Waals surface area (Å²) in [5, 5.41) is 2.61. The standard InChI is InChI=1S/C25H20N2O4S/c1-16-7-11-18(12-8-16)25(29)26-23-15-22(20-5-3-4-6-21(20)24(23)28)27-32(30,31)19-13-9-17(2)10-14-19/h3-15H,1-2H3,(H,26,29)/b27-22+. The number of hydrogen-bond acceptors (Lipinski definition) is 4. The molecule has 7 heteroatoms. The summed E-state index contributed by atoms with van der Waals surface area (Å²) in [5.41, 5.74) is 3.01. The molecule has 3 aromatic carbocycles. The van der Waals surface area contributed by atoms with Crippen molar-refractivity contribution in [2.45, 2.75) is 18.7 Å². The van der Waals surface area contributed by atoms with E-state index in [-0.39, 0.29) is 21.9 Å². The second-order valence-electron chi connectivity index (χ2n) is 7.52. The maximum atomic E-state index is 13.0. The number of sulfonamides is 1. The molecule has 160 valence electrons. The minimum Gasteiger partial charge on any atom is -0.319 e. The lowest BCUT2D eigenvalue weighted by Gasteiger charge is -2.18.